The number of hydrogen-bond donors (Lipinski definition) is 3. The van der Waals surface area contributed by atoms with Crippen molar-refractivity contribution in [2.24, 2.45) is 18.9 Å². The highest BCUT2D eigenvalue weighted by Crippen LogP contribution is 2.54. The van der Waals surface area contributed by atoms with E-state index in [-0.39, 0.29) is 34.6 Å². The molecular formula is C31H30Cl2FN3O3. The highest BCUT2D eigenvalue weighted by molar-refractivity contribution is 6.31. The van der Waals surface area contributed by atoms with Gasteiger partial charge in [0, 0.05) is 23.7 Å². The van der Waals surface area contributed by atoms with Gasteiger partial charge >= 0.3 is 0 Å². The molecule has 3 fully saturated rings. The molecule has 1 heterocycles. The van der Waals surface area contributed by atoms with Crippen molar-refractivity contribution in [3.8, 4) is 11.8 Å². The summed E-state index contributed by atoms with van der Waals surface area (Å²) < 4.78 is 15.2. The van der Waals surface area contributed by atoms with Gasteiger partial charge in [-0.15, -0.1) is 0 Å². The number of rotatable bonds is 4. The summed E-state index contributed by atoms with van der Waals surface area (Å²) in [4.78, 5) is 17.7. The number of aryl methyl sites for hydroxylation is 1. The molecule has 0 aliphatic heterocycles. The van der Waals surface area contributed by atoms with E-state index in [0.29, 0.717) is 42.1 Å². The number of nitrogens with one attached hydrogen (secondary N) is 1. The Morgan fingerprint density at radius 3 is 2.35 bits per heavy atom. The SMILES string of the molecule is Cn1cnc(C2CC3CC(O)(C#CC4(O)CC(c5cccc(Cl)c5)C4)CC3C2)c1C(=O)Nc1ccc(F)c(Cl)c1. The van der Waals surface area contributed by atoms with Crippen LogP contribution in [-0.4, -0.2) is 36.9 Å². The molecule has 2 unspecified atom stereocenters. The normalized spacial score (nSPS) is 30.8. The standard InChI is InChI=1S/C31H30Cl2FN3O3/c1-37-17-35-27(28(37)29(38)36-24-5-6-26(34)25(33)12-24)19-9-20-13-30(39,14-21(20)10-19)7-8-31(40)15-22(16-31)18-3-2-4-23(32)11-18/h2-6,11-12,17,19-22,39-40H,9-10,13-16H2,1H3,(H,36,38). The molecule has 2 aromatic carbocycles. The summed E-state index contributed by atoms with van der Waals surface area (Å²) in [5.41, 5.74) is 0.484. The molecule has 0 radical (unpaired) electrons. The number of halogens is 3. The minimum Gasteiger partial charge on any atom is -0.378 e. The van der Waals surface area contributed by atoms with E-state index in [1.807, 2.05) is 24.3 Å². The molecule has 208 valence electrons. The second-order valence-corrected chi connectivity index (χ2v) is 12.6. The molecule has 1 aromatic heterocycles. The van der Waals surface area contributed by atoms with E-state index in [2.05, 4.69) is 22.1 Å². The maximum absolute atomic E-state index is 13.5. The molecule has 9 heteroatoms. The first kappa shape index (κ1) is 27.3. The smallest absolute Gasteiger partial charge is 0.274 e. The Kier molecular flexibility index (Phi) is 6.95. The second-order valence-electron chi connectivity index (χ2n) is 11.7. The number of imidazole rings is 1. The zero-order valence-corrected chi connectivity index (χ0v) is 23.5. The zero-order chi connectivity index (χ0) is 28.2. The first-order valence-corrected chi connectivity index (χ1v) is 14.3. The second kappa shape index (κ2) is 10.2. The monoisotopic (exact) mass is 581 g/mol. The number of carbonyl (C=O) groups is 1. The third kappa shape index (κ3) is 5.26. The maximum atomic E-state index is 13.5. The van der Waals surface area contributed by atoms with Gasteiger partial charge in [0.1, 0.15) is 22.7 Å². The van der Waals surface area contributed by atoms with Gasteiger partial charge in [-0.05, 0) is 92.2 Å². The van der Waals surface area contributed by atoms with E-state index in [0.717, 1.165) is 24.1 Å². The van der Waals surface area contributed by atoms with Crippen LogP contribution in [0.25, 0.3) is 0 Å². The lowest BCUT2D eigenvalue weighted by Crippen LogP contribution is -2.41. The van der Waals surface area contributed by atoms with Gasteiger partial charge in [-0.1, -0.05) is 47.2 Å². The fourth-order valence-electron chi connectivity index (χ4n) is 6.86. The van der Waals surface area contributed by atoms with Crippen molar-refractivity contribution in [1.29, 1.82) is 0 Å². The number of aromatic nitrogens is 2. The van der Waals surface area contributed by atoms with Crippen molar-refractivity contribution in [2.75, 3.05) is 5.32 Å². The Morgan fingerprint density at radius 1 is 1.02 bits per heavy atom. The third-order valence-corrected chi connectivity index (χ3v) is 9.33. The Morgan fingerprint density at radius 2 is 1.70 bits per heavy atom. The fourth-order valence-corrected chi connectivity index (χ4v) is 7.24. The molecule has 2 atom stereocenters. The van der Waals surface area contributed by atoms with Crippen molar-refractivity contribution in [3.05, 3.63) is 81.6 Å². The molecule has 3 aromatic rings. The zero-order valence-electron chi connectivity index (χ0n) is 22.0. The molecule has 6 nitrogen and oxygen atoms in total. The Bertz CT molecular complexity index is 1520. The summed E-state index contributed by atoms with van der Waals surface area (Å²) in [6.45, 7) is 0. The van der Waals surface area contributed by atoms with Crippen LogP contribution in [0.1, 0.15) is 72.1 Å². The van der Waals surface area contributed by atoms with Crippen molar-refractivity contribution in [3.63, 3.8) is 0 Å². The van der Waals surface area contributed by atoms with E-state index < -0.39 is 17.0 Å². The van der Waals surface area contributed by atoms with E-state index in [4.69, 9.17) is 23.2 Å². The number of benzene rings is 2. The predicted octanol–water partition coefficient (Wildman–Crippen LogP) is 6.07. The lowest BCUT2D eigenvalue weighted by molar-refractivity contribution is 0.00464. The summed E-state index contributed by atoms with van der Waals surface area (Å²) in [6.07, 6.45) is 5.37. The molecule has 0 bridgehead atoms. The average molecular weight is 583 g/mol. The highest BCUT2D eigenvalue weighted by atomic mass is 35.5. The summed E-state index contributed by atoms with van der Waals surface area (Å²) in [7, 11) is 1.77. The average Bonchev–Trinajstić information content (AvgIpc) is 3.54. The van der Waals surface area contributed by atoms with Crippen LogP contribution in [0.15, 0.2) is 48.8 Å². The van der Waals surface area contributed by atoms with Gasteiger partial charge in [-0.25, -0.2) is 9.37 Å². The number of amides is 1. The van der Waals surface area contributed by atoms with Crippen LogP contribution in [-0.2, 0) is 7.05 Å². The van der Waals surface area contributed by atoms with Crippen LogP contribution in [0.5, 0.6) is 0 Å². The molecule has 0 saturated heterocycles. The quantitative estimate of drug-likeness (QED) is 0.326. The van der Waals surface area contributed by atoms with Crippen LogP contribution in [0.4, 0.5) is 10.1 Å². The van der Waals surface area contributed by atoms with Gasteiger partial charge in [0.15, 0.2) is 0 Å². The molecule has 6 rings (SSSR count). The number of carbonyl (C=O) groups excluding carboxylic acids is 1. The van der Waals surface area contributed by atoms with Gasteiger partial charge in [0.05, 0.1) is 17.0 Å². The number of anilines is 1. The largest absolute Gasteiger partial charge is 0.378 e. The first-order valence-electron chi connectivity index (χ1n) is 13.5. The first-order chi connectivity index (χ1) is 19.0. The van der Waals surface area contributed by atoms with E-state index in [1.54, 1.807) is 17.9 Å². The van der Waals surface area contributed by atoms with Gasteiger partial charge in [0.2, 0.25) is 0 Å². The van der Waals surface area contributed by atoms with Crippen LogP contribution in [0.2, 0.25) is 10.0 Å². The van der Waals surface area contributed by atoms with Gasteiger partial charge in [-0.2, -0.15) is 0 Å². The molecule has 3 saturated carbocycles. The molecule has 0 spiro atoms. The van der Waals surface area contributed by atoms with E-state index in [9.17, 15) is 19.4 Å². The summed E-state index contributed by atoms with van der Waals surface area (Å²) >= 11 is 12.0. The van der Waals surface area contributed by atoms with Crippen LogP contribution in [0, 0.1) is 29.5 Å². The molecular weight excluding hydrogens is 552 g/mol. The van der Waals surface area contributed by atoms with Crippen molar-refractivity contribution in [2.45, 2.75) is 61.6 Å². The van der Waals surface area contributed by atoms with E-state index >= 15 is 0 Å². The number of nitrogens with zero attached hydrogens (tertiary/aromatic N) is 2. The van der Waals surface area contributed by atoms with Crippen molar-refractivity contribution < 1.29 is 19.4 Å². The van der Waals surface area contributed by atoms with Crippen molar-refractivity contribution >= 4 is 34.8 Å². The fraction of sp³-hybridized carbons (Fsp3) is 0.419. The molecule has 3 aliphatic rings. The highest BCUT2D eigenvalue weighted by Gasteiger charge is 2.50. The summed E-state index contributed by atoms with van der Waals surface area (Å²) in [5, 5.41) is 25.6. The Hall–Kier alpha value is -2.89. The van der Waals surface area contributed by atoms with Crippen LogP contribution < -0.4 is 5.32 Å². The van der Waals surface area contributed by atoms with E-state index in [1.165, 1.54) is 18.2 Å². The van der Waals surface area contributed by atoms with Crippen LogP contribution >= 0.6 is 23.2 Å². The Labute approximate surface area is 242 Å². The molecule has 3 aliphatic carbocycles. The van der Waals surface area contributed by atoms with Gasteiger partial charge in [-0.3, -0.25) is 4.79 Å². The lowest BCUT2D eigenvalue weighted by Gasteiger charge is -2.40. The predicted molar refractivity (Wildman–Crippen MR) is 152 cm³/mol. The van der Waals surface area contributed by atoms with Gasteiger partial charge in [0.25, 0.3) is 5.91 Å². The van der Waals surface area contributed by atoms with Gasteiger partial charge < -0.3 is 20.1 Å². The molecule has 40 heavy (non-hydrogen) atoms. The van der Waals surface area contributed by atoms with Crippen molar-refractivity contribution in [1.82, 2.24) is 9.55 Å². The third-order valence-electron chi connectivity index (χ3n) is 8.80. The number of aliphatic hydroxyl groups is 2. The minimum atomic E-state index is -1.12. The number of fused-ring (bicyclic) bond motifs is 1. The number of hydrogen-bond acceptors (Lipinski definition) is 4. The Balaban J connectivity index is 1.09. The minimum absolute atomic E-state index is 0.0624. The summed E-state index contributed by atoms with van der Waals surface area (Å²) in [6, 6.07) is 11.7. The molecule has 3 N–H and O–H groups in total. The topological polar surface area (TPSA) is 87.4 Å². The maximum Gasteiger partial charge on any atom is 0.274 e. The van der Waals surface area contributed by atoms with Crippen LogP contribution in [0.3, 0.4) is 0 Å². The lowest BCUT2D eigenvalue weighted by atomic mass is 9.68. The molecule has 1 amide bonds. The summed E-state index contributed by atoms with van der Waals surface area (Å²) in [5.74, 6) is 5.98.